The molecule has 0 aromatic heterocycles. The molecule has 0 aliphatic carbocycles. The molecule has 3 aromatic rings. The van der Waals surface area contributed by atoms with Gasteiger partial charge in [-0.25, -0.2) is 0 Å². The van der Waals surface area contributed by atoms with E-state index in [4.69, 9.17) is 0 Å². The monoisotopic (exact) mass is 474 g/mol. The molecule has 26 heavy (non-hydrogen) atoms. The summed E-state index contributed by atoms with van der Waals surface area (Å²) in [5.74, 6) is 0. The Morgan fingerprint density at radius 2 is 1.00 bits per heavy atom. The Labute approximate surface area is 166 Å². The third-order valence-electron chi connectivity index (χ3n) is 3.75. The van der Waals surface area contributed by atoms with Crippen LogP contribution in [0.4, 0.5) is 0 Å². The van der Waals surface area contributed by atoms with Crippen molar-refractivity contribution in [2.45, 2.75) is 10.6 Å². The van der Waals surface area contributed by atoms with Crippen molar-refractivity contribution in [3.63, 3.8) is 0 Å². The van der Waals surface area contributed by atoms with Crippen LogP contribution in [-0.2, 0) is 10.6 Å². The molecule has 0 aliphatic heterocycles. The molecule has 2 nitrogen and oxygen atoms in total. The zero-order valence-electron chi connectivity index (χ0n) is 14.1. The van der Waals surface area contributed by atoms with E-state index in [1.165, 1.54) is 11.1 Å². The summed E-state index contributed by atoms with van der Waals surface area (Å²) in [4.78, 5) is 24.5. The molecule has 0 radical (unpaired) electrons. The normalized spacial score (nSPS) is 10.5. The number of hydrogen-bond acceptors (Lipinski definition) is 2. The third-order valence-corrected chi connectivity index (χ3v) is 7.84. The molecule has 0 heterocycles. The van der Waals surface area contributed by atoms with Crippen molar-refractivity contribution in [1.82, 2.24) is 0 Å². The molecule has 0 N–H and O–H groups in total. The fourth-order valence-corrected chi connectivity index (χ4v) is 5.70. The molecule has 0 saturated carbocycles. The summed E-state index contributed by atoms with van der Waals surface area (Å²) in [6.07, 6.45) is 0. The van der Waals surface area contributed by atoms with Crippen LogP contribution in [0.25, 0.3) is 0 Å². The van der Waals surface area contributed by atoms with Crippen LogP contribution in [0.1, 0.15) is 31.8 Å². The van der Waals surface area contributed by atoms with E-state index < -0.39 is 0 Å². The molecule has 0 unspecified atom stereocenters. The molecule has 0 saturated heterocycles. The SMILES string of the molecule is O=C([Se]Cc1cccc(C[Se]C(=O)c2ccccc2)c1)c1ccccc1. The first kappa shape index (κ1) is 18.8. The summed E-state index contributed by atoms with van der Waals surface area (Å²) < 4.78 is 0.457. The first-order valence-corrected chi connectivity index (χ1v) is 12.4. The average Bonchev–Trinajstić information content (AvgIpc) is 2.72. The van der Waals surface area contributed by atoms with Crippen LogP contribution in [0.2, 0.25) is 0 Å². The van der Waals surface area contributed by atoms with Gasteiger partial charge in [0.2, 0.25) is 0 Å². The van der Waals surface area contributed by atoms with Crippen molar-refractivity contribution in [2.75, 3.05) is 0 Å². The number of benzene rings is 3. The second-order valence-electron chi connectivity index (χ2n) is 5.70. The summed E-state index contributed by atoms with van der Waals surface area (Å²) in [5.41, 5.74) is 3.94. The Kier molecular flexibility index (Phi) is 6.99. The van der Waals surface area contributed by atoms with Gasteiger partial charge in [0.15, 0.2) is 0 Å². The minimum absolute atomic E-state index is 0.106. The van der Waals surface area contributed by atoms with Gasteiger partial charge in [-0.1, -0.05) is 0 Å². The zero-order chi connectivity index (χ0) is 18.2. The third kappa shape index (κ3) is 5.52. The molecular weight excluding hydrogens is 454 g/mol. The molecule has 3 aromatic carbocycles. The molecule has 130 valence electrons. The van der Waals surface area contributed by atoms with Gasteiger partial charge in [-0.2, -0.15) is 0 Å². The molecule has 0 fully saturated rings. The van der Waals surface area contributed by atoms with Crippen molar-refractivity contribution >= 4 is 39.3 Å². The van der Waals surface area contributed by atoms with E-state index in [-0.39, 0.29) is 39.3 Å². The average molecular weight is 472 g/mol. The van der Waals surface area contributed by atoms with Gasteiger partial charge in [-0.15, -0.1) is 0 Å². The summed E-state index contributed by atoms with van der Waals surface area (Å²) >= 11 is -0.212. The Bertz CT molecular complexity index is 806. The molecule has 0 bridgehead atoms. The molecule has 0 aliphatic rings. The Morgan fingerprint density at radius 1 is 0.577 bits per heavy atom. The number of hydrogen-bond donors (Lipinski definition) is 0. The van der Waals surface area contributed by atoms with Crippen LogP contribution in [0.3, 0.4) is 0 Å². The quantitative estimate of drug-likeness (QED) is 0.468. The summed E-state index contributed by atoms with van der Waals surface area (Å²) in [6.45, 7) is 0. The first-order chi connectivity index (χ1) is 12.7. The van der Waals surface area contributed by atoms with Gasteiger partial charge in [-0.3, -0.25) is 0 Å². The molecule has 4 heteroatoms. The number of carbonyl (C=O) groups excluding carboxylic acids is 2. The van der Waals surface area contributed by atoms with E-state index in [0.717, 1.165) is 21.8 Å². The second-order valence-corrected chi connectivity index (χ2v) is 9.68. The van der Waals surface area contributed by atoms with Gasteiger partial charge in [-0.05, 0) is 0 Å². The Morgan fingerprint density at radius 3 is 1.42 bits per heavy atom. The standard InChI is InChI=1S/C22H18O2Se2/c23-21(19-10-3-1-4-11-19)25-15-17-8-7-9-18(14-17)16-26-22(24)20-12-5-2-6-13-20/h1-14H,15-16H2. The maximum atomic E-state index is 12.3. The summed E-state index contributed by atoms with van der Waals surface area (Å²) in [7, 11) is 0. The van der Waals surface area contributed by atoms with Gasteiger partial charge in [0.05, 0.1) is 0 Å². The van der Waals surface area contributed by atoms with Gasteiger partial charge < -0.3 is 0 Å². The predicted octanol–water partition coefficient (Wildman–Crippen LogP) is 3.78. The van der Waals surface area contributed by atoms with E-state index in [0.29, 0.717) is 0 Å². The second kappa shape index (κ2) is 9.66. The predicted molar refractivity (Wildman–Crippen MR) is 107 cm³/mol. The van der Waals surface area contributed by atoms with E-state index in [1.807, 2.05) is 66.7 Å². The van der Waals surface area contributed by atoms with E-state index >= 15 is 0 Å². The van der Waals surface area contributed by atoms with Crippen LogP contribution in [0, 0.1) is 0 Å². The zero-order valence-corrected chi connectivity index (χ0v) is 17.6. The van der Waals surface area contributed by atoms with Gasteiger partial charge in [0, 0.05) is 0 Å². The van der Waals surface area contributed by atoms with E-state index in [1.54, 1.807) is 0 Å². The van der Waals surface area contributed by atoms with E-state index in [9.17, 15) is 9.59 Å². The van der Waals surface area contributed by atoms with Crippen molar-refractivity contribution in [2.24, 2.45) is 0 Å². The molecule has 0 atom stereocenters. The molecule has 0 amide bonds. The van der Waals surface area contributed by atoms with Crippen LogP contribution < -0.4 is 0 Å². The maximum absolute atomic E-state index is 12.3. The van der Waals surface area contributed by atoms with Gasteiger partial charge >= 0.3 is 167 Å². The van der Waals surface area contributed by atoms with Crippen molar-refractivity contribution in [3.8, 4) is 0 Å². The van der Waals surface area contributed by atoms with Crippen LogP contribution >= 0.6 is 0 Å². The van der Waals surface area contributed by atoms with Crippen molar-refractivity contribution < 1.29 is 9.59 Å². The van der Waals surface area contributed by atoms with Crippen molar-refractivity contribution in [3.05, 3.63) is 107 Å². The van der Waals surface area contributed by atoms with Crippen molar-refractivity contribution in [1.29, 1.82) is 0 Å². The number of rotatable bonds is 8. The summed E-state index contributed by atoms with van der Waals surface area (Å²) in [5, 5.41) is 1.57. The molecule has 3 rings (SSSR count). The van der Waals surface area contributed by atoms with Gasteiger partial charge in [0.1, 0.15) is 0 Å². The minimum atomic E-state index is -0.106. The fraction of sp³-hybridized carbons (Fsp3) is 0.0909. The van der Waals surface area contributed by atoms with Gasteiger partial charge in [0.25, 0.3) is 0 Å². The summed E-state index contributed by atoms with van der Waals surface area (Å²) in [6, 6.07) is 27.2. The fourth-order valence-electron chi connectivity index (χ4n) is 2.42. The van der Waals surface area contributed by atoms with Crippen LogP contribution in [-0.4, -0.2) is 39.3 Å². The molecule has 0 spiro atoms. The van der Waals surface area contributed by atoms with Crippen LogP contribution in [0.5, 0.6) is 0 Å². The first-order valence-electron chi connectivity index (χ1n) is 8.24. The Hall–Kier alpha value is -1.96. The topological polar surface area (TPSA) is 34.1 Å². The Balaban J connectivity index is 1.55. The van der Waals surface area contributed by atoms with E-state index in [2.05, 4.69) is 18.2 Å². The van der Waals surface area contributed by atoms with Crippen LogP contribution in [0.15, 0.2) is 84.9 Å². The molecular formula is C22H18O2Se2. The number of carbonyl (C=O) groups is 2.